The summed E-state index contributed by atoms with van der Waals surface area (Å²) >= 11 is 0. The van der Waals surface area contributed by atoms with Gasteiger partial charge >= 0.3 is 0 Å². The quantitative estimate of drug-likeness (QED) is 0.909. The van der Waals surface area contributed by atoms with Gasteiger partial charge in [-0.3, -0.25) is 9.59 Å². The average Bonchev–Trinajstić information content (AvgIpc) is 2.35. The molecule has 1 aromatic carbocycles. The number of nitrogens with zero attached hydrogens (tertiary/aromatic N) is 1. The molecule has 0 bridgehead atoms. The normalized spacial score (nSPS) is 13.7. The lowest BCUT2D eigenvalue weighted by atomic mass is 9.93. The standard InChI is InChI=1S/C14H16N2O2.ClH/c1-16(2)8-7-15-12-9-13(17)10-5-3-4-6-11(10)14(12)18;/h3-6,9,15H,7-8H2,1-2H3;1H. The Kier molecular flexibility index (Phi) is 5.27. The van der Waals surface area contributed by atoms with Crippen molar-refractivity contribution >= 4 is 24.0 Å². The molecule has 5 heteroatoms. The van der Waals surface area contributed by atoms with Gasteiger partial charge in [0.05, 0.1) is 5.70 Å². The van der Waals surface area contributed by atoms with E-state index in [2.05, 4.69) is 5.32 Å². The molecule has 0 unspecified atom stereocenters. The lowest BCUT2D eigenvalue weighted by Gasteiger charge is -2.17. The molecule has 0 atom stereocenters. The molecule has 0 saturated heterocycles. The number of hydrogen-bond acceptors (Lipinski definition) is 4. The predicted molar refractivity (Wildman–Crippen MR) is 77.0 cm³/mol. The topological polar surface area (TPSA) is 49.4 Å². The van der Waals surface area contributed by atoms with Crippen LogP contribution in [0.25, 0.3) is 0 Å². The van der Waals surface area contributed by atoms with Crippen molar-refractivity contribution in [3.63, 3.8) is 0 Å². The molecule has 1 N–H and O–H groups in total. The number of likely N-dealkylation sites (N-methyl/N-ethyl adjacent to an activating group) is 1. The van der Waals surface area contributed by atoms with Gasteiger partial charge in [0, 0.05) is 30.3 Å². The monoisotopic (exact) mass is 280 g/mol. The summed E-state index contributed by atoms with van der Waals surface area (Å²) in [7, 11) is 3.92. The van der Waals surface area contributed by atoms with Gasteiger partial charge in [-0.15, -0.1) is 12.4 Å². The molecule has 19 heavy (non-hydrogen) atoms. The summed E-state index contributed by atoms with van der Waals surface area (Å²) in [5.74, 6) is -0.221. The Hall–Kier alpha value is -1.65. The van der Waals surface area contributed by atoms with E-state index in [0.29, 0.717) is 23.4 Å². The Balaban J connectivity index is 0.00000180. The fourth-order valence-electron chi connectivity index (χ4n) is 1.86. The molecule has 1 aliphatic carbocycles. The maximum Gasteiger partial charge on any atom is 0.209 e. The van der Waals surface area contributed by atoms with Crippen molar-refractivity contribution in [3.8, 4) is 0 Å². The van der Waals surface area contributed by atoms with Crippen LogP contribution in [0.2, 0.25) is 0 Å². The minimum absolute atomic E-state index is 0. The minimum Gasteiger partial charge on any atom is -0.380 e. The van der Waals surface area contributed by atoms with Crippen molar-refractivity contribution in [2.45, 2.75) is 0 Å². The van der Waals surface area contributed by atoms with E-state index in [0.717, 1.165) is 6.54 Å². The van der Waals surface area contributed by atoms with Crippen molar-refractivity contribution in [2.75, 3.05) is 27.2 Å². The Morgan fingerprint density at radius 3 is 2.37 bits per heavy atom. The summed E-state index contributed by atoms with van der Waals surface area (Å²) in [6.45, 7) is 1.44. The minimum atomic E-state index is -0.113. The summed E-state index contributed by atoms with van der Waals surface area (Å²) in [4.78, 5) is 26.0. The lowest BCUT2D eigenvalue weighted by Crippen LogP contribution is -2.31. The van der Waals surface area contributed by atoms with Crippen molar-refractivity contribution in [1.29, 1.82) is 0 Å². The van der Waals surface area contributed by atoms with Crippen LogP contribution < -0.4 is 5.32 Å². The maximum atomic E-state index is 12.1. The highest BCUT2D eigenvalue weighted by atomic mass is 35.5. The van der Waals surface area contributed by atoms with Gasteiger partial charge in [-0.2, -0.15) is 0 Å². The molecule has 1 aliphatic rings. The van der Waals surface area contributed by atoms with Crippen LogP contribution in [0.5, 0.6) is 0 Å². The number of fused-ring (bicyclic) bond motifs is 1. The largest absolute Gasteiger partial charge is 0.380 e. The smallest absolute Gasteiger partial charge is 0.209 e. The summed E-state index contributed by atoms with van der Waals surface area (Å²) in [5.41, 5.74) is 1.36. The Morgan fingerprint density at radius 2 is 1.74 bits per heavy atom. The molecule has 102 valence electrons. The predicted octanol–water partition coefficient (Wildman–Crippen LogP) is 1.52. The summed E-state index contributed by atoms with van der Waals surface area (Å²) in [5, 5.41) is 3.02. The van der Waals surface area contributed by atoms with E-state index >= 15 is 0 Å². The molecular formula is C14H17ClN2O2. The number of rotatable bonds is 4. The van der Waals surface area contributed by atoms with Crippen LogP contribution in [0, 0.1) is 0 Å². The van der Waals surface area contributed by atoms with Crippen LogP contribution in [0.3, 0.4) is 0 Å². The van der Waals surface area contributed by atoms with Crippen LogP contribution >= 0.6 is 12.4 Å². The molecule has 1 aromatic rings. The molecule has 0 amide bonds. The Labute approximate surface area is 118 Å². The molecule has 0 fully saturated rings. The first-order chi connectivity index (χ1) is 8.59. The van der Waals surface area contributed by atoms with Crippen LogP contribution in [0.4, 0.5) is 0 Å². The number of hydrogen-bond donors (Lipinski definition) is 1. The van der Waals surface area contributed by atoms with Gasteiger partial charge in [0.25, 0.3) is 0 Å². The van der Waals surface area contributed by atoms with Crippen LogP contribution in [-0.4, -0.2) is 43.7 Å². The third-order valence-corrected chi connectivity index (χ3v) is 2.83. The molecule has 0 spiro atoms. The maximum absolute atomic E-state index is 12.1. The van der Waals surface area contributed by atoms with Crippen LogP contribution in [0.15, 0.2) is 36.0 Å². The van der Waals surface area contributed by atoms with E-state index in [9.17, 15) is 9.59 Å². The number of ketones is 2. The fourth-order valence-corrected chi connectivity index (χ4v) is 1.86. The Bertz CT molecular complexity index is 524. The highest BCUT2D eigenvalue weighted by Crippen LogP contribution is 2.19. The van der Waals surface area contributed by atoms with E-state index in [1.54, 1.807) is 24.3 Å². The van der Waals surface area contributed by atoms with Gasteiger partial charge in [0.2, 0.25) is 5.78 Å². The molecule has 0 heterocycles. The molecule has 0 aromatic heterocycles. The molecule has 4 nitrogen and oxygen atoms in total. The molecule has 0 radical (unpaired) electrons. The second-order valence-electron chi connectivity index (χ2n) is 4.53. The first kappa shape index (κ1) is 15.4. The number of allylic oxidation sites excluding steroid dienone is 2. The molecule has 2 rings (SSSR count). The summed E-state index contributed by atoms with van der Waals surface area (Å²) in [6, 6.07) is 6.91. The number of nitrogens with one attached hydrogen (secondary N) is 1. The summed E-state index contributed by atoms with van der Waals surface area (Å²) in [6.07, 6.45) is 1.39. The zero-order valence-electron chi connectivity index (χ0n) is 11.0. The van der Waals surface area contributed by atoms with Gasteiger partial charge in [-0.05, 0) is 14.1 Å². The second kappa shape index (κ2) is 6.50. The Morgan fingerprint density at radius 1 is 1.11 bits per heavy atom. The number of carbonyl (C=O) groups is 2. The van der Waals surface area contributed by atoms with Crippen molar-refractivity contribution in [3.05, 3.63) is 47.2 Å². The van der Waals surface area contributed by atoms with E-state index in [1.807, 2.05) is 19.0 Å². The van der Waals surface area contributed by atoms with E-state index in [4.69, 9.17) is 0 Å². The highest BCUT2D eigenvalue weighted by molar-refractivity contribution is 6.24. The molecular weight excluding hydrogens is 264 g/mol. The van der Waals surface area contributed by atoms with Gasteiger partial charge in [-0.25, -0.2) is 0 Å². The van der Waals surface area contributed by atoms with E-state index < -0.39 is 0 Å². The van der Waals surface area contributed by atoms with E-state index in [-0.39, 0.29) is 24.0 Å². The third kappa shape index (κ3) is 3.43. The van der Waals surface area contributed by atoms with Crippen molar-refractivity contribution in [1.82, 2.24) is 10.2 Å². The summed E-state index contributed by atoms with van der Waals surface area (Å²) < 4.78 is 0. The average molecular weight is 281 g/mol. The first-order valence-corrected chi connectivity index (χ1v) is 5.88. The fraction of sp³-hybridized carbons (Fsp3) is 0.286. The highest BCUT2D eigenvalue weighted by Gasteiger charge is 2.24. The van der Waals surface area contributed by atoms with Gasteiger partial charge in [-0.1, -0.05) is 24.3 Å². The zero-order valence-corrected chi connectivity index (χ0v) is 11.8. The van der Waals surface area contributed by atoms with Crippen molar-refractivity contribution < 1.29 is 9.59 Å². The van der Waals surface area contributed by atoms with Gasteiger partial charge in [0.15, 0.2) is 5.78 Å². The van der Waals surface area contributed by atoms with Crippen LogP contribution in [0.1, 0.15) is 20.7 Å². The lowest BCUT2D eigenvalue weighted by molar-refractivity contribution is 0.0978. The van der Waals surface area contributed by atoms with Crippen molar-refractivity contribution in [2.24, 2.45) is 0 Å². The number of benzene rings is 1. The first-order valence-electron chi connectivity index (χ1n) is 5.88. The zero-order chi connectivity index (χ0) is 13.1. The molecule has 0 saturated carbocycles. The second-order valence-corrected chi connectivity index (χ2v) is 4.53. The number of halogens is 1. The molecule has 0 aliphatic heterocycles. The van der Waals surface area contributed by atoms with Gasteiger partial charge in [0.1, 0.15) is 0 Å². The number of carbonyl (C=O) groups excluding carboxylic acids is 2. The van der Waals surface area contributed by atoms with Gasteiger partial charge < -0.3 is 10.2 Å². The third-order valence-electron chi connectivity index (χ3n) is 2.83. The van der Waals surface area contributed by atoms with E-state index in [1.165, 1.54) is 6.08 Å². The van der Waals surface area contributed by atoms with Crippen LogP contribution in [-0.2, 0) is 0 Å². The number of Topliss-reactive ketones (excluding diaryl/α,β-unsaturated/α-hetero) is 1. The SMILES string of the molecule is CN(C)CCNC1=CC(=O)c2ccccc2C1=O.Cl.